The van der Waals surface area contributed by atoms with Gasteiger partial charge in [-0.25, -0.2) is 9.02 Å². The summed E-state index contributed by atoms with van der Waals surface area (Å²) >= 11 is 0. The zero-order valence-electron chi connectivity index (χ0n) is 9.61. The van der Waals surface area contributed by atoms with Crippen molar-refractivity contribution in [1.82, 2.24) is 15.6 Å². The number of aryl methyl sites for hydroxylation is 1. The first-order valence-corrected chi connectivity index (χ1v) is 5.49. The average Bonchev–Trinajstić information content (AvgIpc) is 2.73. The van der Waals surface area contributed by atoms with E-state index in [1.165, 1.54) is 12.1 Å². The minimum Gasteiger partial charge on any atom is -0.311 e. The summed E-state index contributed by atoms with van der Waals surface area (Å²) in [6.45, 7) is 3.29. The van der Waals surface area contributed by atoms with Gasteiger partial charge in [0.15, 0.2) is 0 Å². The van der Waals surface area contributed by atoms with E-state index in [1.54, 1.807) is 12.1 Å². The first-order valence-electron chi connectivity index (χ1n) is 5.49. The fourth-order valence-corrected chi connectivity index (χ4v) is 1.50. The molecule has 0 aliphatic carbocycles. The van der Waals surface area contributed by atoms with Crippen LogP contribution >= 0.6 is 0 Å². The van der Waals surface area contributed by atoms with Gasteiger partial charge >= 0.3 is 0 Å². The number of hydrogen-bond acceptors (Lipinski definition) is 4. The van der Waals surface area contributed by atoms with Gasteiger partial charge in [0, 0.05) is 6.54 Å². The third-order valence-electron chi connectivity index (χ3n) is 2.54. The van der Waals surface area contributed by atoms with Crippen molar-refractivity contribution in [2.24, 2.45) is 0 Å². The van der Waals surface area contributed by atoms with Gasteiger partial charge in [-0.1, -0.05) is 22.4 Å². The minimum atomic E-state index is -0.203. The predicted octanol–water partition coefficient (Wildman–Crippen LogP) is 1.85. The summed E-state index contributed by atoms with van der Waals surface area (Å²) in [5.74, 6) is -0.203. The Kier molecular flexibility index (Phi) is 3.82. The van der Waals surface area contributed by atoms with Crippen LogP contribution in [0, 0.1) is 12.7 Å². The Hall–Kier alpha value is -1.75. The van der Waals surface area contributed by atoms with Gasteiger partial charge in [0.2, 0.25) is 0 Å². The highest BCUT2D eigenvalue weighted by molar-refractivity contribution is 5.16. The lowest BCUT2D eigenvalue weighted by Gasteiger charge is -2.03. The van der Waals surface area contributed by atoms with E-state index in [9.17, 15) is 4.39 Å². The van der Waals surface area contributed by atoms with Crippen LogP contribution in [0.15, 0.2) is 28.9 Å². The average molecular weight is 235 g/mol. The number of nitrogens with one attached hydrogen (secondary N) is 1. The number of hydrogen-bond donors (Lipinski definition) is 1. The molecule has 2 rings (SSSR count). The molecule has 0 radical (unpaired) electrons. The molecule has 1 N–H and O–H groups in total. The highest BCUT2D eigenvalue weighted by atomic mass is 19.1. The van der Waals surface area contributed by atoms with Gasteiger partial charge in [0.05, 0.1) is 0 Å². The van der Waals surface area contributed by atoms with Crippen LogP contribution in [0.2, 0.25) is 0 Å². The van der Waals surface area contributed by atoms with E-state index in [4.69, 9.17) is 0 Å². The molecule has 1 aromatic carbocycles. The molecule has 0 amide bonds. The van der Waals surface area contributed by atoms with Crippen molar-refractivity contribution in [3.05, 3.63) is 47.0 Å². The zero-order chi connectivity index (χ0) is 12.1. The van der Waals surface area contributed by atoms with E-state index in [1.807, 2.05) is 6.92 Å². The first-order chi connectivity index (χ1) is 8.25. The molecule has 1 aromatic heterocycles. The molecule has 0 spiro atoms. The summed E-state index contributed by atoms with van der Waals surface area (Å²) in [5.41, 5.74) is 2.73. The Morgan fingerprint density at radius 1 is 1.24 bits per heavy atom. The summed E-state index contributed by atoms with van der Waals surface area (Å²) < 4.78 is 17.3. The van der Waals surface area contributed by atoms with Crippen LogP contribution in [0.25, 0.3) is 0 Å². The summed E-state index contributed by atoms with van der Waals surface area (Å²) in [4.78, 5) is 0. The maximum Gasteiger partial charge on any atom is 0.123 e. The standard InChI is InChI=1S/C12H14FN3O/c1-9-12(16-17-15-9)8-14-7-6-10-2-4-11(13)5-3-10/h2-5,14H,6-8H2,1H3. The van der Waals surface area contributed by atoms with E-state index in [0.717, 1.165) is 29.9 Å². The highest BCUT2D eigenvalue weighted by Gasteiger charge is 2.03. The lowest BCUT2D eigenvalue weighted by atomic mass is 10.1. The van der Waals surface area contributed by atoms with E-state index in [2.05, 4.69) is 20.3 Å². The Labute approximate surface area is 98.8 Å². The number of aromatic nitrogens is 2. The smallest absolute Gasteiger partial charge is 0.123 e. The van der Waals surface area contributed by atoms with Crippen molar-refractivity contribution in [2.45, 2.75) is 19.9 Å². The Balaban J connectivity index is 1.73. The molecule has 1 heterocycles. The van der Waals surface area contributed by atoms with Crippen LogP contribution in [0.1, 0.15) is 17.0 Å². The van der Waals surface area contributed by atoms with Crippen molar-refractivity contribution in [2.75, 3.05) is 6.54 Å². The second-order valence-corrected chi connectivity index (χ2v) is 3.85. The van der Waals surface area contributed by atoms with Crippen LogP contribution in [0.5, 0.6) is 0 Å². The minimum absolute atomic E-state index is 0.203. The largest absolute Gasteiger partial charge is 0.311 e. The van der Waals surface area contributed by atoms with Crippen molar-refractivity contribution >= 4 is 0 Å². The fourth-order valence-electron chi connectivity index (χ4n) is 1.50. The Bertz CT molecular complexity index is 467. The third kappa shape index (κ3) is 3.35. The summed E-state index contributed by atoms with van der Waals surface area (Å²) in [6.07, 6.45) is 0.852. The Morgan fingerprint density at radius 2 is 2.00 bits per heavy atom. The summed E-state index contributed by atoms with van der Waals surface area (Å²) in [7, 11) is 0. The van der Waals surface area contributed by atoms with E-state index in [-0.39, 0.29) is 5.82 Å². The van der Waals surface area contributed by atoms with Gasteiger partial charge in [-0.05, 0) is 37.6 Å². The lowest BCUT2D eigenvalue weighted by Crippen LogP contribution is -2.17. The lowest BCUT2D eigenvalue weighted by molar-refractivity contribution is 0.300. The maximum atomic E-state index is 12.7. The quantitative estimate of drug-likeness (QED) is 0.803. The number of rotatable bonds is 5. The van der Waals surface area contributed by atoms with Gasteiger partial charge in [0.1, 0.15) is 17.2 Å². The van der Waals surface area contributed by atoms with Gasteiger partial charge < -0.3 is 5.32 Å². The van der Waals surface area contributed by atoms with Crippen LogP contribution in [-0.2, 0) is 13.0 Å². The van der Waals surface area contributed by atoms with Crippen molar-refractivity contribution in [3.63, 3.8) is 0 Å². The molecule has 0 aliphatic heterocycles. The van der Waals surface area contributed by atoms with Gasteiger partial charge in [0.25, 0.3) is 0 Å². The molecule has 0 aliphatic rings. The number of halogens is 1. The van der Waals surface area contributed by atoms with E-state index < -0.39 is 0 Å². The zero-order valence-corrected chi connectivity index (χ0v) is 9.61. The van der Waals surface area contributed by atoms with Crippen LogP contribution < -0.4 is 5.32 Å². The molecular formula is C12H14FN3O. The maximum absolute atomic E-state index is 12.7. The molecule has 2 aromatic rings. The Morgan fingerprint density at radius 3 is 2.65 bits per heavy atom. The normalized spacial score (nSPS) is 10.7. The molecule has 0 saturated carbocycles. The number of benzene rings is 1. The second-order valence-electron chi connectivity index (χ2n) is 3.85. The molecule has 4 nitrogen and oxygen atoms in total. The molecule has 0 atom stereocenters. The summed E-state index contributed by atoms with van der Waals surface area (Å²) in [5, 5.41) is 10.7. The molecular weight excluding hydrogens is 221 g/mol. The molecule has 5 heteroatoms. The monoisotopic (exact) mass is 235 g/mol. The van der Waals surface area contributed by atoms with Crippen LogP contribution in [0.3, 0.4) is 0 Å². The van der Waals surface area contributed by atoms with Gasteiger partial charge in [-0.3, -0.25) is 0 Å². The molecule has 90 valence electrons. The second kappa shape index (κ2) is 5.54. The molecule has 17 heavy (non-hydrogen) atoms. The molecule has 0 fully saturated rings. The topological polar surface area (TPSA) is 51.0 Å². The van der Waals surface area contributed by atoms with Crippen LogP contribution in [0.4, 0.5) is 4.39 Å². The SMILES string of the molecule is Cc1nonc1CNCCc1ccc(F)cc1. The molecule has 0 unspecified atom stereocenters. The summed E-state index contributed by atoms with van der Waals surface area (Å²) in [6, 6.07) is 6.53. The van der Waals surface area contributed by atoms with Crippen molar-refractivity contribution < 1.29 is 9.02 Å². The number of nitrogens with zero attached hydrogens (tertiary/aromatic N) is 2. The van der Waals surface area contributed by atoms with Crippen molar-refractivity contribution in [3.8, 4) is 0 Å². The molecule has 0 bridgehead atoms. The van der Waals surface area contributed by atoms with Crippen molar-refractivity contribution in [1.29, 1.82) is 0 Å². The fraction of sp³-hybridized carbons (Fsp3) is 0.333. The highest BCUT2D eigenvalue weighted by Crippen LogP contribution is 2.03. The predicted molar refractivity (Wildman–Crippen MR) is 60.8 cm³/mol. The molecule has 0 saturated heterocycles. The third-order valence-corrected chi connectivity index (χ3v) is 2.54. The first kappa shape index (κ1) is 11.7. The van der Waals surface area contributed by atoms with Gasteiger partial charge in [-0.15, -0.1) is 0 Å². The van der Waals surface area contributed by atoms with E-state index in [0.29, 0.717) is 6.54 Å². The van der Waals surface area contributed by atoms with E-state index >= 15 is 0 Å². The van der Waals surface area contributed by atoms with Gasteiger partial charge in [-0.2, -0.15) is 0 Å². The van der Waals surface area contributed by atoms with Crippen LogP contribution in [-0.4, -0.2) is 16.9 Å².